The summed E-state index contributed by atoms with van der Waals surface area (Å²) in [7, 11) is 0. The number of fused-ring (bicyclic) bond motifs is 1. The van der Waals surface area contributed by atoms with Crippen LogP contribution in [0.25, 0.3) is 0 Å². The number of carboxylic acids is 1. The van der Waals surface area contributed by atoms with Gasteiger partial charge in [0.1, 0.15) is 17.2 Å². The Morgan fingerprint density at radius 3 is 2.13 bits per heavy atom. The predicted octanol–water partition coefficient (Wildman–Crippen LogP) is 3.89. The van der Waals surface area contributed by atoms with Gasteiger partial charge in [-0.15, -0.1) is 0 Å². The number of hydrogen-bond donors (Lipinski definition) is 1. The van der Waals surface area contributed by atoms with Gasteiger partial charge >= 0.3 is 17.9 Å². The van der Waals surface area contributed by atoms with E-state index >= 15 is 0 Å². The number of benzene rings is 3. The van der Waals surface area contributed by atoms with Crippen LogP contribution >= 0.6 is 0 Å². The summed E-state index contributed by atoms with van der Waals surface area (Å²) in [5.74, 6) is -4.86. The quantitative estimate of drug-likeness (QED) is 0.400. The second-order valence-electron chi connectivity index (χ2n) is 6.03. The summed E-state index contributed by atoms with van der Waals surface area (Å²) in [6.07, 6.45) is 0. The second-order valence-corrected chi connectivity index (χ2v) is 6.03. The summed E-state index contributed by atoms with van der Waals surface area (Å²) in [6.45, 7) is 0. The van der Waals surface area contributed by atoms with E-state index in [-0.39, 0.29) is 22.3 Å². The second kappa shape index (κ2) is 8.44. The van der Waals surface area contributed by atoms with Crippen molar-refractivity contribution in [3.05, 3.63) is 106 Å². The summed E-state index contributed by atoms with van der Waals surface area (Å²) in [5, 5.41) is 8.97. The van der Waals surface area contributed by atoms with Crippen LogP contribution < -0.4 is 0 Å². The first kappa shape index (κ1) is 20.5. The Bertz CT molecular complexity index is 1170. The number of esters is 2. The Morgan fingerprint density at radius 1 is 0.800 bits per heavy atom. The van der Waals surface area contributed by atoms with Gasteiger partial charge in [0.05, 0.1) is 11.1 Å². The minimum Gasteiger partial charge on any atom is -0.478 e. The van der Waals surface area contributed by atoms with Crippen LogP contribution in [0.15, 0.2) is 66.7 Å². The minimum absolute atomic E-state index is 0.000000000000000444. The van der Waals surface area contributed by atoms with Crippen molar-refractivity contribution >= 4 is 23.7 Å². The van der Waals surface area contributed by atoms with Crippen LogP contribution in [0, 0.1) is 11.6 Å². The van der Waals surface area contributed by atoms with Gasteiger partial charge in [0.15, 0.2) is 5.78 Å². The first-order valence-corrected chi connectivity index (χ1v) is 8.47. The highest BCUT2D eigenvalue weighted by Gasteiger charge is 2.32. The topological polar surface area (TPSA) is 97.7 Å². The zero-order valence-electron chi connectivity index (χ0n) is 15.1. The molecule has 1 aliphatic heterocycles. The first-order chi connectivity index (χ1) is 14.3. The summed E-state index contributed by atoms with van der Waals surface area (Å²) in [6, 6.07) is 15.2. The number of hydrogen-bond acceptors (Lipinski definition) is 5. The molecule has 0 aromatic heterocycles. The number of carboxylic acid groups (broad SMARTS) is 1. The molecule has 1 heterocycles. The van der Waals surface area contributed by atoms with Crippen molar-refractivity contribution in [3.63, 3.8) is 0 Å². The molecule has 6 nitrogen and oxygen atoms in total. The zero-order valence-corrected chi connectivity index (χ0v) is 15.1. The van der Waals surface area contributed by atoms with Crippen LogP contribution in [0.1, 0.15) is 47.0 Å². The Labute approximate surface area is 168 Å². The van der Waals surface area contributed by atoms with Gasteiger partial charge in [-0.2, -0.15) is 0 Å². The van der Waals surface area contributed by atoms with E-state index in [0.29, 0.717) is 5.56 Å². The zero-order chi connectivity index (χ0) is 21.8. The van der Waals surface area contributed by atoms with Crippen molar-refractivity contribution in [2.75, 3.05) is 0 Å². The molecule has 3 aromatic rings. The molecule has 0 atom stereocenters. The average molecular weight is 410 g/mol. The van der Waals surface area contributed by atoms with Gasteiger partial charge in [0.2, 0.25) is 0 Å². The van der Waals surface area contributed by atoms with Crippen LogP contribution in [-0.4, -0.2) is 28.8 Å². The molecule has 4 rings (SSSR count). The SMILES string of the molecule is O=C(O)c1cc(F)ccc1C(=O)c1ccccc1.O=C1OC(=O)c2c(F)cccc21. The van der Waals surface area contributed by atoms with Gasteiger partial charge in [-0.05, 0) is 30.3 Å². The number of carbonyl (C=O) groups excluding carboxylic acids is 3. The third-order valence-electron chi connectivity index (χ3n) is 4.12. The molecule has 0 amide bonds. The van der Waals surface area contributed by atoms with Crippen molar-refractivity contribution in [3.8, 4) is 0 Å². The van der Waals surface area contributed by atoms with E-state index in [9.17, 15) is 28.0 Å². The highest BCUT2D eigenvalue weighted by Crippen LogP contribution is 2.22. The fourth-order valence-electron chi connectivity index (χ4n) is 2.73. The molecule has 0 saturated carbocycles. The normalized spacial score (nSPS) is 11.8. The van der Waals surface area contributed by atoms with Crippen LogP contribution in [0.5, 0.6) is 0 Å². The van der Waals surface area contributed by atoms with Gasteiger partial charge in [-0.1, -0.05) is 36.4 Å². The number of carbonyl (C=O) groups is 4. The molecule has 0 saturated heterocycles. The molecule has 1 N–H and O–H groups in total. The molecule has 0 fully saturated rings. The largest absolute Gasteiger partial charge is 0.478 e. The Hall–Kier alpha value is -4.20. The number of halogens is 2. The minimum atomic E-state index is -1.33. The van der Waals surface area contributed by atoms with Crippen LogP contribution in [-0.2, 0) is 4.74 Å². The lowest BCUT2D eigenvalue weighted by atomic mass is 9.98. The molecule has 0 radical (unpaired) electrons. The van der Waals surface area contributed by atoms with Gasteiger partial charge in [-0.25, -0.2) is 23.2 Å². The van der Waals surface area contributed by atoms with E-state index in [1.807, 2.05) is 0 Å². The molecular formula is C22H12F2O6. The molecule has 3 aromatic carbocycles. The maximum absolute atomic E-state index is 13.0. The Kier molecular flexibility index (Phi) is 5.78. The number of cyclic esters (lactones) is 2. The maximum atomic E-state index is 13.0. The molecule has 1 aliphatic rings. The van der Waals surface area contributed by atoms with E-state index in [2.05, 4.69) is 4.74 Å². The summed E-state index contributed by atoms with van der Waals surface area (Å²) in [5.41, 5.74) is -0.243. The molecule has 0 bridgehead atoms. The fraction of sp³-hybridized carbons (Fsp3) is 0. The fourth-order valence-corrected chi connectivity index (χ4v) is 2.73. The highest BCUT2D eigenvalue weighted by molar-refractivity contribution is 6.15. The van der Waals surface area contributed by atoms with E-state index in [0.717, 1.165) is 18.2 Å². The third-order valence-corrected chi connectivity index (χ3v) is 4.12. The Morgan fingerprint density at radius 2 is 1.50 bits per heavy atom. The summed E-state index contributed by atoms with van der Waals surface area (Å²) in [4.78, 5) is 44.7. The van der Waals surface area contributed by atoms with Crippen molar-refractivity contribution in [1.82, 2.24) is 0 Å². The van der Waals surface area contributed by atoms with E-state index in [4.69, 9.17) is 5.11 Å². The first-order valence-electron chi connectivity index (χ1n) is 8.47. The van der Waals surface area contributed by atoms with Gasteiger partial charge in [0, 0.05) is 11.1 Å². The molecule has 30 heavy (non-hydrogen) atoms. The van der Waals surface area contributed by atoms with E-state index < -0.39 is 35.3 Å². The van der Waals surface area contributed by atoms with E-state index in [1.165, 1.54) is 18.2 Å². The molecule has 0 spiro atoms. The van der Waals surface area contributed by atoms with Gasteiger partial charge in [-0.3, -0.25) is 4.79 Å². The van der Waals surface area contributed by atoms with Crippen LogP contribution in [0.3, 0.4) is 0 Å². The van der Waals surface area contributed by atoms with Crippen molar-refractivity contribution in [2.24, 2.45) is 0 Å². The molecule has 0 unspecified atom stereocenters. The molecular weight excluding hydrogens is 398 g/mol. The van der Waals surface area contributed by atoms with Gasteiger partial charge < -0.3 is 9.84 Å². The van der Waals surface area contributed by atoms with Crippen molar-refractivity contribution < 1.29 is 37.8 Å². The van der Waals surface area contributed by atoms with E-state index in [1.54, 1.807) is 30.3 Å². The molecule has 0 aliphatic carbocycles. The smallest absolute Gasteiger partial charge is 0.349 e. The van der Waals surface area contributed by atoms with Crippen molar-refractivity contribution in [1.29, 1.82) is 0 Å². The number of ether oxygens (including phenoxy) is 1. The lowest BCUT2D eigenvalue weighted by Crippen LogP contribution is -2.10. The standard InChI is InChI=1S/C14H9FO3.C8H3FO3/c15-10-6-7-11(12(8-10)14(17)18)13(16)9-4-2-1-3-5-9;9-5-3-1-2-4-6(5)8(11)12-7(4)10/h1-8H,(H,17,18);1-3H. The number of aromatic carboxylic acids is 1. The lowest BCUT2D eigenvalue weighted by Gasteiger charge is -2.05. The summed E-state index contributed by atoms with van der Waals surface area (Å²) < 4.78 is 30.1. The summed E-state index contributed by atoms with van der Waals surface area (Å²) >= 11 is 0. The monoisotopic (exact) mass is 410 g/mol. The Balaban J connectivity index is 0.000000184. The van der Waals surface area contributed by atoms with Crippen LogP contribution in [0.4, 0.5) is 8.78 Å². The van der Waals surface area contributed by atoms with Crippen LogP contribution in [0.2, 0.25) is 0 Å². The van der Waals surface area contributed by atoms with Crippen molar-refractivity contribution in [2.45, 2.75) is 0 Å². The number of ketones is 1. The average Bonchev–Trinajstić information content (AvgIpc) is 3.03. The van der Waals surface area contributed by atoms with Gasteiger partial charge in [0.25, 0.3) is 0 Å². The third kappa shape index (κ3) is 4.12. The number of rotatable bonds is 3. The highest BCUT2D eigenvalue weighted by atomic mass is 19.1. The predicted molar refractivity (Wildman–Crippen MR) is 99.4 cm³/mol. The maximum Gasteiger partial charge on any atom is 0.349 e. The molecule has 8 heteroatoms. The lowest BCUT2D eigenvalue weighted by molar-refractivity contribution is 0.0441. The molecule has 150 valence electrons.